The first kappa shape index (κ1) is 16.4. The van der Waals surface area contributed by atoms with Gasteiger partial charge in [0.05, 0.1) is 18.4 Å². The van der Waals surface area contributed by atoms with Crippen molar-refractivity contribution in [2.75, 3.05) is 31.1 Å². The van der Waals surface area contributed by atoms with Crippen LogP contribution in [0.4, 0.5) is 10.1 Å². The number of rotatable bonds is 4. The van der Waals surface area contributed by atoms with E-state index in [0.29, 0.717) is 5.69 Å². The van der Waals surface area contributed by atoms with Crippen LogP contribution in [-0.4, -0.2) is 50.8 Å². The van der Waals surface area contributed by atoms with Crippen molar-refractivity contribution in [3.8, 4) is 0 Å². The van der Waals surface area contributed by atoms with E-state index in [-0.39, 0.29) is 11.7 Å². The summed E-state index contributed by atoms with van der Waals surface area (Å²) in [6.07, 6.45) is 7.59. The van der Waals surface area contributed by atoms with Crippen molar-refractivity contribution in [2.45, 2.75) is 38.1 Å². The predicted molar refractivity (Wildman–Crippen MR) is 93.9 cm³/mol. The number of pyridine rings is 1. The van der Waals surface area contributed by atoms with Gasteiger partial charge in [-0.1, -0.05) is 0 Å². The lowest BCUT2D eigenvalue weighted by molar-refractivity contribution is 0.317. The maximum atomic E-state index is 14.1. The van der Waals surface area contributed by atoms with Crippen LogP contribution in [0.5, 0.6) is 0 Å². The first-order valence-corrected chi connectivity index (χ1v) is 9.17. The molecule has 2 saturated heterocycles. The minimum atomic E-state index is -0.254. The van der Waals surface area contributed by atoms with Crippen LogP contribution in [-0.2, 0) is 13.6 Å². The Morgan fingerprint density at radius 3 is 2.80 bits per heavy atom. The number of halogens is 1. The number of anilines is 1. The molecule has 1 atom stereocenters. The topological polar surface area (TPSA) is 50.1 Å². The van der Waals surface area contributed by atoms with Crippen molar-refractivity contribution < 1.29 is 4.39 Å². The average molecular weight is 344 g/mol. The molecule has 0 N–H and O–H groups in total. The molecular weight excluding hydrogens is 319 g/mol. The van der Waals surface area contributed by atoms with Gasteiger partial charge in [0.15, 0.2) is 5.82 Å². The SMILES string of the molecule is Cn1c(CN2CCCC2)nnc1[C@H]1CCCN(c2ccncc2F)C1. The summed E-state index contributed by atoms with van der Waals surface area (Å²) in [5, 5.41) is 8.92. The van der Waals surface area contributed by atoms with Crippen molar-refractivity contribution in [2.24, 2.45) is 7.05 Å². The highest BCUT2D eigenvalue weighted by Crippen LogP contribution is 2.30. The standard InChI is InChI=1S/C18H25FN6/c1-23-17(13-24-8-2-3-9-24)21-22-18(23)14-5-4-10-25(12-14)16-6-7-20-11-15(16)19/h6-7,11,14H,2-5,8-10,12-13H2,1H3/t14-/m0/s1. The van der Waals surface area contributed by atoms with E-state index in [9.17, 15) is 4.39 Å². The van der Waals surface area contributed by atoms with E-state index in [1.807, 2.05) is 0 Å². The molecule has 0 amide bonds. The molecule has 4 heterocycles. The van der Waals surface area contributed by atoms with Crippen LogP contribution in [0.1, 0.15) is 43.3 Å². The van der Waals surface area contributed by atoms with Gasteiger partial charge in [-0.15, -0.1) is 10.2 Å². The van der Waals surface area contributed by atoms with Crippen LogP contribution in [0.15, 0.2) is 18.5 Å². The summed E-state index contributed by atoms with van der Waals surface area (Å²) in [5.41, 5.74) is 0.638. The van der Waals surface area contributed by atoms with Crippen LogP contribution in [0.2, 0.25) is 0 Å². The van der Waals surface area contributed by atoms with E-state index in [4.69, 9.17) is 0 Å². The molecule has 0 bridgehead atoms. The first-order valence-electron chi connectivity index (χ1n) is 9.17. The van der Waals surface area contributed by atoms with E-state index in [0.717, 1.165) is 57.2 Å². The van der Waals surface area contributed by atoms with Gasteiger partial charge in [0.1, 0.15) is 11.6 Å². The molecule has 0 unspecified atom stereocenters. The highest BCUT2D eigenvalue weighted by molar-refractivity contribution is 5.47. The van der Waals surface area contributed by atoms with Gasteiger partial charge in [-0.3, -0.25) is 9.88 Å². The number of nitrogens with zero attached hydrogens (tertiary/aromatic N) is 6. The fourth-order valence-electron chi connectivity index (χ4n) is 4.04. The van der Waals surface area contributed by atoms with Crippen LogP contribution >= 0.6 is 0 Å². The molecular formula is C18H25FN6. The zero-order valence-corrected chi connectivity index (χ0v) is 14.7. The third kappa shape index (κ3) is 3.38. The summed E-state index contributed by atoms with van der Waals surface area (Å²) in [6.45, 7) is 4.83. The minimum Gasteiger partial charge on any atom is -0.368 e. The summed E-state index contributed by atoms with van der Waals surface area (Å²) >= 11 is 0. The molecule has 0 aliphatic carbocycles. The van der Waals surface area contributed by atoms with Crippen molar-refractivity contribution in [3.63, 3.8) is 0 Å². The molecule has 2 aliphatic rings. The maximum Gasteiger partial charge on any atom is 0.164 e. The average Bonchev–Trinajstić information content (AvgIpc) is 3.27. The van der Waals surface area contributed by atoms with Gasteiger partial charge in [-0.25, -0.2) is 4.39 Å². The molecule has 6 nitrogen and oxygen atoms in total. The van der Waals surface area contributed by atoms with Gasteiger partial charge >= 0.3 is 0 Å². The van der Waals surface area contributed by atoms with Gasteiger partial charge < -0.3 is 9.47 Å². The molecule has 0 radical (unpaired) electrons. The van der Waals surface area contributed by atoms with Gasteiger partial charge in [-0.2, -0.15) is 0 Å². The number of hydrogen-bond acceptors (Lipinski definition) is 5. The van der Waals surface area contributed by atoms with Gasteiger partial charge in [0.2, 0.25) is 0 Å². The Balaban J connectivity index is 1.50. The zero-order chi connectivity index (χ0) is 17.2. The van der Waals surface area contributed by atoms with E-state index < -0.39 is 0 Å². The summed E-state index contributed by atoms with van der Waals surface area (Å²) in [5.74, 6) is 2.08. The predicted octanol–water partition coefficient (Wildman–Crippen LogP) is 2.33. The number of likely N-dealkylation sites (tertiary alicyclic amines) is 1. The molecule has 2 aromatic rings. The van der Waals surface area contributed by atoms with Crippen LogP contribution in [0.3, 0.4) is 0 Å². The highest BCUT2D eigenvalue weighted by atomic mass is 19.1. The lowest BCUT2D eigenvalue weighted by atomic mass is 9.96. The van der Waals surface area contributed by atoms with E-state index in [2.05, 4.69) is 36.6 Å². The molecule has 2 aromatic heterocycles. The largest absolute Gasteiger partial charge is 0.368 e. The Morgan fingerprint density at radius 1 is 1.16 bits per heavy atom. The summed E-state index contributed by atoms with van der Waals surface area (Å²) in [4.78, 5) is 8.40. The third-order valence-corrected chi connectivity index (χ3v) is 5.44. The lowest BCUT2D eigenvalue weighted by Crippen LogP contribution is -2.36. The molecule has 0 aromatic carbocycles. The summed E-state index contributed by atoms with van der Waals surface area (Å²) in [7, 11) is 2.06. The maximum absolute atomic E-state index is 14.1. The second kappa shape index (κ2) is 7.07. The van der Waals surface area contributed by atoms with Gasteiger partial charge in [0.25, 0.3) is 0 Å². The van der Waals surface area contributed by atoms with Crippen molar-refractivity contribution in [1.82, 2.24) is 24.6 Å². The third-order valence-electron chi connectivity index (χ3n) is 5.44. The molecule has 134 valence electrons. The first-order chi connectivity index (χ1) is 12.2. The Kier molecular flexibility index (Phi) is 4.65. The Morgan fingerprint density at radius 2 is 2.00 bits per heavy atom. The summed E-state index contributed by atoms with van der Waals surface area (Å²) < 4.78 is 16.2. The fourth-order valence-corrected chi connectivity index (χ4v) is 4.04. The quantitative estimate of drug-likeness (QED) is 0.852. The molecule has 25 heavy (non-hydrogen) atoms. The van der Waals surface area contributed by atoms with E-state index in [1.54, 1.807) is 12.3 Å². The van der Waals surface area contributed by atoms with Crippen molar-refractivity contribution in [3.05, 3.63) is 35.9 Å². The molecule has 4 rings (SSSR count). The number of hydrogen-bond donors (Lipinski definition) is 0. The van der Waals surface area contributed by atoms with Gasteiger partial charge in [0, 0.05) is 32.3 Å². The second-order valence-corrected chi connectivity index (χ2v) is 7.13. The van der Waals surface area contributed by atoms with E-state index in [1.165, 1.54) is 19.0 Å². The number of piperidine rings is 1. The molecule has 0 saturated carbocycles. The summed E-state index contributed by atoms with van der Waals surface area (Å²) in [6, 6.07) is 1.76. The van der Waals surface area contributed by atoms with Crippen LogP contribution < -0.4 is 4.90 Å². The van der Waals surface area contributed by atoms with Crippen LogP contribution in [0, 0.1) is 5.82 Å². The van der Waals surface area contributed by atoms with Gasteiger partial charge in [-0.05, 0) is 44.8 Å². The van der Waals surface area contributed by atoms with Crippen molar-refractivity contribution >= 4 is 5.69 Å². The molecule has 2 fully saturated rings. The Labute approximate surface area is 147 Å². The monoisotopic (exact) mass is 344 g/mol. The second-order valence-electron chi connectivity index (χ2n) is 7.13. The van der Waals surface area contributed by atoms with Crippen LogP contribution in [0.25, 0.3) is 0 Å². The highest BCUT2D eigenvalue weighted by Gasteiger charge is 2.27. The van der Waals surface area contributed by atoms with Crippen molar-refractivity contribution in [1.29, 1.82) is 0 Å². The molecule has 0 spiro atoms. The minimum absolute atomic E-state index is 0.254. The normalized spacial score (nSPS) is 21.8. The fraction of sp³-hybridized carbons (Fsp3) is 0.611. The molecule has 2 aliphatic heterocycles. The Hall–Kier alpha value is -2.02. The van der Waals surface area contributed by atoms with E-state index >= 15 is 0 Å². The zero-order valence-electron chi connectivity index (χ0n) is 14.7. The lowest BCUT2D eigenvalue weighted by Gasteiger charge is -2.34. The molecule has 7 heteroatoms. The smallest absolute Gasteiger partial charge is 0.164 e. The number of aromatic nitrogens is 4. The Bertz CT molecular complexity index is 724.